The second kappa shape index (κ2) is 7.58. The van der Waals surface area contributed by atoms with Crippen LogP contribution in [0.5, 0.6) is 0 Å². The van der Waals surface area contributed by atoms with Crippen molar-refractivity contribution in [2.45, 2.75) is 30.7 Å². The minimum Gasteiger partial charge on any atom is -0.461 e. The first-order valence-corrected chi connectivity index (χ1v) is 10.4. The number of hydrogen-bond acceptors (Lipinski definition) is 7. The Kier molecular flexibility index (Phi) is 5.00. The van der Waals surface area contributed by atoms with Gasteiger partial charge in [-0.15, -0.1) is 21.5 Å². The summed E-state index contributed by atoms with van der Waals surface area (Å²) in [4.78, 5) is 4.74. The van der Waals surface area contributed by atoms with Crippen LogP contribution in [0.2, 0.25) is 0 Å². The molecule has 0 fully saturated rings. The third kappa shape index (κ3) is 3.77. The molecule has 0 aliphatic rings. The molecule has 0 bridgehead atoms. The molecule has 4 aromatic rings. The first-order chi connectivity index (χ1) is 13.1. The molecule has 0 unspecified atom stereocenters. The van der Waals surface area contributed by atoms with E-state index in [4.69, 9.17) is 15.2 Å². The van der Waals surface area contributed by atoms with Gasteiger partial charge >= 0.3 is 0 Å². The van der Waals surface area contributed by atoms with Gasteiger partial charge in [0.1, 0.15) is 5.01 Å². The van der Waals surface area contributed by atoms with Crippen molar-refractivity contribution in [1.29, 1.82) is 0 Å². The Hall–Kier alpha value is -2.58. The van der Waals surface area contributed by atoms with Crippen LogP contribution in [0.3, 0.4) is 0 Å². The number of benzene rings is 1. The third-order valence-electron chi connectivity index (χ3n) is 4.13. The van der Waals surface area contributed by atoms with Gasteiger partial charge in [-0.1, -0.05) is 49.9 Å². The lowest BCUT2D eigenvalue weighted by Gasteiger charge is -2.05. The van der Waals surface area contributed by atoms with E-state index in [-0.39, 0.29) is 0 Å². The SMILES string of the molecule is CC(C)c1ccc(-c2nc(CSc3nnc(-c4ccco4)n3N)cs2)cc1. The second-order valence-corrected chi connectivity index (χ2v) is 8.16. The van der Waals surface area contributed by atoms with Crippen molar-refractivity contribution in [3.8, 4) is 22.2 Å². The lowest BCUT2D eigenvalue weighted by atomic mass is 10.0. The fourth-order valence-corrected chi connectivity index (χ4v) is 4.28. The molecule has 2 N–H and O–H groups in total. The summed E-state index contributed by atoms with van der Waals surface area (Å²) in [6.07, 6.45) is 1.58. The first kappa shape index (κ1) is 17.8. The average Bonchev–Trinajstić information content (AvgIpc) is 3.41. The van der Waals surface area contributed by atoms with Gasteiger partial charge in [-0.2, -0.15) is 0 Å². The van der Waals surface area contributed by atoms with Gasteiger partial charge in [-0.25, -0.2) is 9.66 Å². The smallest absolute Gasteiger partial charge is 0.218 e. The van der Waals surface area contributed by atoms with Gasteiger partial charge in [0.25, 0.3) is 0 Å². The monoisotopic (exact) mass is 397 g/mol. The molecule has 0 saturated carbocycles. The summed E-state index contributed by atoms with van der Waals surface area (Å²) < 4.78 is 6.77. The van der Waals surface area contributed by atoms with Gasteiger partial charge in [0.05, 0.1) is 12.0 Å². The molecule has 4 rings (SSSR count). The van der Waals surface area contributed by atoms with Crippen LogP contribution in [0, 0.1) is 0 Å². The molecule has 6 nitrogen and oxygen atoms in total. The molecule has 0 atom stereocenters. The summed E-state index contributed by atoms with van der Waals surface area (Å²) in [5.74, 6) is 8.39. The summed E-state index contributed by atoms with van der Waals surface area (Å²) in [7, 11) is 0. The number of thioether (sulfide) groups is 1. The summed E-state index contributed by atoms with van der Waals surface area (Å²) in [6.45, 7) is 4.39. The highest BCUT2D eigenvalue weighted by atomic mass is 32.2. The third-order valence-corrected chi connectivity index (χ3v) is 6.05. The Bertz CT molecular complexity index is 1020. The van der Waals surface area contributed by atoms with Crippen LogP contribution in [0.15, 0.2) is 57.6 Å². The molecule has 27 heavy (non-hydrogen) atoms. The van der Waals surface area contributed by atoms with Gasteiger partial charge in [-0.05, 0) is 23.6 Å². The summed E-state index contributed by atoms with van der Waals surface area (Å²) in [5.41, 5.74) is 3.47. The van der Waals surface area contributed by atoms with Crippen LogP contribution < -0.4 is 5.84 Å². The normalized spacial score (nSPS) is 11.4. The predicted molar refractivity (Wildman–Crippen MR) is 109 cm³/mol. The topological polar surface area (TPSA) is 82.8 Å². The van der Waals surface area contributed by atoms with E-state index in [1.165, 1.54) is 22.0 Å². The minimum absolute atomic E-state index is 0.506. The Balaban J connectivity index is 1.44. The van der Waals surface area contributed by atoms with Gasteiger partial charge < -0.3 is 10.3 Å². The molecule has 3 aromatic heterocycles. The molecular formula is C19H19N5OS2. The highest BCUT2D eigenvalue weighted by molar-refractivity contribution is 7.98. The van der Waals surface area contributed by atoms with Gasteiger partial charge in [0.15, 0.2) is 5.76 Å². The van der Waals surface area contributed by atoms with Crippen molar-refractivity contribution in [3.63, 3.8) is 0 Å². The van der Waals surface area contributed by atoms with Crippen LogP contribution in [0.4, 0.5) is 0 Å². The molecule has 0 radical (unpaired) electrons. The maximum Gasteiger partial charge on any atom is 0.218 e. The average molecular weight is 398 g/mol. The molecule has 138 valence electrons. The molecule has 1 aromatic carbocycles. The van der Waals surface area contributed by atoms with Gasteiger partial charge in [-0.3, -0.25) is 0 Å². The largest absolute Gasteiger partial charge is 0.461 e. The van der Waals surface area contributed by atoms with Crippen molar-refractivity contribution < 1.29 is 4.42 Å². The van der Waals surface area contributed by atoms with Crippen molar-refractivity contribution in [2.75, 3.05) is 5.84 Å². The number of rotatable bonds is 6. The zero-order chi connectivity index (χ0) is 18.8. The summed E-state index contributed by atoms with van der Waals surface area (Å²) >= 11 is 3.15. The zero-order valence-electron chi connectivity index (χ0n) is 15.0. The fourth-order valence-electron chi connectivity index (χ4n) is 2.60. The van der Waals surface area contributed by atoms with Gasteiger partial charge in [0, 0.05) is 16.7 Å². The molecular weight excluding hydrogens is 378 g/mol. The number of nitrogens with two attached hydrogens (primary N) is 1. The van der Waals surface area contributed by atoms with E-state index in [2.05, 4.69) is 53.7 Å². The van der Waals surface area contributed by atoms with E-state index in [0.29, 0.717) is 28.4 Å². The number of nitrogens with zero attached hydrogens (tertiary/aromatic N) is 4. The van der Waals surface area contributed by atoms with Crippen molar-refractivity contribution in [1.82, 2.24) is 19.9 Å². The van der Waals surface area contributed by atoms with Crippen LogP contribution in [-0.2, 0) is 5.75 Å². The number of aromatic nitrogens is 4. The molecule has 8 heteroatoms. The number of nitrogen functional groups attached to an aromatic ring is 1. The van der Waals surface area contributed by atoms with E-state index in [1.807, 2.05) is 0 Å². The van der Waals surface area contributed by atoms with E-state index in [9.17, 15) is 0 Å². The minimum atomic E-state index is 0.506. The van der Waals surface area contributed by atoms with Crippen LogP contribution >= 0.6 is 23.1 Å². The highest BCUT2D eigenvalue weighted by Gasteiger charge is 2.15. The Labute approximate surface area is 165 Å². The van der Waals surface area contributed by atoms with E-state index in [1.54, 1.807) is 29.7 Å². The van der Waals surface area contributed by atoms with Crippen molar-refractivity contribution in [2.24, 2.45) is 0 Å². The number of thiazole rings is 1. The lowest BCUT2D eigenvalue weighted by molar-refractivity contribution is 0.574. The Morgan fingerprint density at radius 3 is 2.70 bits per heavy atom. The summed E-state index contributed by atoms with van der Waals surface area (Å²) in [6, 6.07) is 12.2. The molecule has 3 heterocycles. The standard InChI is InChI=1S/C19H19N5OS2/c1-12(2)13-5-7-14(8-6-13)18-21-15(10-26-18)11-27-19-23-22-17(24(19)20)16-4-3-9-25-16/h3-10,12H,11,20H2,1-2H3. The molecule has 0 amide bonds. The quantitative estimate of drug-likeness (QED) is 0.372. The lowest BCUT2D eigenvalue weighted by Crippen LogP contribution is -2.11. The predicted octanol–water partition coefficient (Wildman–Crippen LogP) is 4.79. The van der Waals surface area contributed by atoms with E-state index < -0.39 is 0 Å². The summed E-state index contributed by atoms with van der Waals surface area (Å²) in [5, 5.41) is 12.0. The van der Waals surface area contributed by atoms with Crippen LogP contribution in [-0.4, -0.2) is 19.9 Å². The Morgan fingerprint density at radius 1 is 1.19 bits per heavy atom. The van der Waals surface area contributed by atoms with Crippen molar-refractivity contribution in [3.05, 3.63) is 59.3 Å². The molecule has 0 aliphatic carbocycles. The maximum atomic E-state index is 6.09. The second-order valence-electron chi connectivity index (χ2n) is 6.36. The number of hydrogen-bond donors (Lipinski definition) is 1. The Morgan fingerprint density at radius 2 is 2.00 bits per heavy atom. The number of furan rings is 1. The first-order valence-electron chi connectivity index (χ1n) is 8.53. The van der Waals surface area contributed by atoms with Crippen molar-refractivity contribution >= 4 is 23.1 Å². The fraction of sp³-hybridized carbons (Fsp3) is 0.211. The maximum absolute atomic E-state index is 6.09. The molecule has 0 spiro atoms. The highest BCUT2D eigenvalue weighted by Crippen LogP contribution is 2.29. The molecule has 0 aliphatic heterocycles. The van der Waals surface area contributed by atoms with Gasteiger partial charge in [0.2, 0.25) is 11.0 Å². The van der Waals surface area contributed by atoms with E-state index >= 15 is 0 Å². The molecule has 0 saturated heterocycles. The zero-order valence-corrected chi connectivity index (χ0v) is 16.6. The van der Waals surface area contributed by atoms with E-state index in [0.717, 1.165) is 16.3 Å². The van der Waals surface area contributed by atoms with Crippen LogP contribution in [0.25, 0.3) is 22.2 Å². The van der Waals surface area contributed by atoms with Crippen LogP contribution in [0.1, 0.15) is 31.0 Å².